The van der Waals surface area contributed by atoms with Gasteiger partial charge < -0.3 is 9.47 Å². The summed E-state index contributed by atoms with van der Waals surface area (Å²) in [5.41, 5.74) is 3.09. The summed E-state index contributed by atoms with van der Waals surface area (Å²) in [7, 11) is 0. The molecule has 126 valence electrons. The molecule has 0 bridgehead atoms. The number of ether oxygens (including phenoxy) is 2. The predicted octanol–water partition coefficient (Wildman–Crippen LogP) is 4.27. The number of benzene rings is 1. The molecule has 0 unspecified atom stereocenters. The van der Waals surface area contributed by atoms with Crippen LogP contribution in [0.4, 0.5) is 0 Å². The van der Waals surface area contributed by atoms with E-state index >= 15 is 0 Å². The lowest BCUT2D eigenvalue weighted by atomic mass is 9.99. The Morgan fingerprint density at radius 3 is 2.17 bits per heavy atom. The number of hydrogen-bond donors (Lipinski definition) is 0. The summed E-state index contributed by atoms with van der Waals surface area (Å²) in [6, 6.07) is 8.10. The summed E-state index contributed by atoms with van der Waals surface area (Å²) in [4.78, 5) is 22.7. The number of hydrogen-bond acceptors (Lipinski definition) is 4. The Morgan fingerprint density at radius 2 is 1.65 bits per heavy atom. The van der Waals surface area contributed by atoms with Gasteiger partial charge in [-0.1, -0.05) is 51.0 Å². The molecule has 0 heterocycles. The first-order valence-electron chi connectivity index (χ1n) is 8.10. The van der Waals surface area contributed by atoms with Crippen molar-refractivity contribution >= 4 is 18.0 Å². The van der Waals surface area contributed by atoms with Crippen LogP contribution in [0.2, 0.25) is 0 Å². The van der Waals surface area contributed by atoms with Crippen LogP contribution in [0.1, 0.15) is 58.1 Å². The molecule has 0 N–H and O–H groups in total. The Labute approximate surface area is 138 Å². The van der Waals surface area contributed by atoms with Gasteiger partial charge in [-0.2, -0.15) is 0 Å². The molecule has 0 aromatic heterocycles. The molecule has 0 aliphatic heterocycles. The van der Waals surface area contributed by atoms with Gasteiger partial charge in [0.25, 0.3) is 6.29 Å². The molecule has 1 aromatic rings. The van der Waals surface area contributed by atoms with Crippen molar-refractivity contribution in [3.8, 4) is 0 Å². The molecule has 23 heavy (non-hydrogen) atoms. The third-order valence-electron chi connectivity index (χ3n) is 3.30. The Hall–Kier alpha value is -2.10. The maximum atomic E-state index is 11.3. The second-order valence-electron chi connectivity index (χ2n) is 5.47. The van der Waals surface area contributed by atoms with E-state index in [1.165, 1.54) is 19.4 Å². The topological polar surface area (TPSA) is 52.6 Å². The average molecular weight is 318 g/mol. The molecule has 0 spiro atoms. The summed E-state index contributed by atoms with van der Waals surface area (Å²) in [5, 5.41) is 0. The first-order valence-corrected chi connectivity index (χ1v) is 8.10. The van der Waals surface area contributed by atoms with Crippen molar-refractivity contribution in [2.24, 2.45) is 0 Å². The molecular weight excluding hydrogens is 292 g/mol. The lowest BCUT2D eigenvalue weighted by molar-refractivity contribution is -0.178. The highest BCUT2D eigenvalue weighted by molar-refractivity contribution is 5.69. The smallest absolute Gasteiger partial charge is 0.305 e. The fraction of sp³-hybridized carbons (Fsp3) is 0.474. The minimum atomic E-state index is -0.959. The van der Waals surface area contributed by atoms with E-state index in [1.807, 2.05) is 31.2 Å². The lowest BCUT2D eigenvalue weighted by Gasteiger charge is -2.20. The molecule has 0 aliphatic carbocycles. The van der Waals surface area contributed by atoms with Gasteiger partial charge in [0.2, 0.25) is 0 Å². The van der Waals surface area contributed by atoms with Crippen molar-refractivity contribution in [2.75, 3.05) is 0 Å². The van der Waals surface area contributed by atoms with Crippen LogP contribution >= 0.6 is 0 Å². The van der Waals surface area contributed by atoms with Crippen molar-refractivity contribution in [3.63, 3.8) is 0 Å². The first-order chi connectivity index (χ1) is 11.0. The minimum Gasteiger partial charge on any atom is -0.421 e. The molecule has 0 amide bonds. The molecule has 1 aromatic carbocycles. The maximum absolute atomic E-state index is 11.3. The minimum absolute atomic E-state index is 0.472. The standard InChI is InChI=1S/C19H26O4/c1-5-9-16-11-7-8-12-17(16)13-18(10-6-2)19(22-14(3)20)23-15(4)21/h7-8,11-13,19H,5-6,9-10H2,1-4H3. The third kappa shape index (κ3) is 6.68. The SMILES string of the molecule is CCCC(=Cc1ccccc1CCC)C(OC(C)=O)OC(C)=O. The number of esters is 2. The van der Waals surface area contributed by atoms with Crippen LogP contribution in [0.15, 0.2) is 29.8 Å². The number of aryl methyl sites for hydroxylation is 1. The van der Waals surface area contributed by atoms with E-state index in [2.05, 4.69) is 13.0 Å². The van der Waals surface area contributed by atoms with E-state index < -0.39 is 18.2 Å². The lowest BCUT2D eigenvalue weighted by Crippen LogP contribution is -2.24. The first kappa shape index (κ1) is 18.9. The molecule has 4 nitrogen and oxygen atoms in total. The normalized spacial score (nSPS) is 11.4. The highest BCUT2D eigenvalue weighted by Gasteiger charge is 2.20. The van der Waals surface area contributed by atoms with Gasteiger partial charge in [0.1, 0.15) is 0 Å². The molecule has 0 radical (unpaired) electrons. The second-order valence-corrected chi connectivity index (χ2v) is 5.47. The monoisotopic (exact) mass is 318 g/mol. The van der Waals surface area contributed by atoms with Gasteiger partial charge in [0, 0.05) is 19.4 Å². The van der Waals surface area contributed by atoms with E-state index in [0.717, 1.165) is 30.4 Å². The van der Waals surface area contributed by atoms with Gasteiger partial charge in [0.05, 0.1) is 0 Å². The van der Waals surface area contributed by atoms with Crippen LogP contribution in [0, 0.1) is 0 Å². The molecule has 0 fully saturated rings. The zero-order valence-electron chi connectivity index (χ0n) is 14.4. The number of rotatable bonds is 8. The summed E-state index contributed by atoms with van der Waals surface area (Å²) < 4.78 is 10.4. The Morgan fingerprint density at radius 1 is 1.04 bits per heavy atom. The third-order valence-corrected chi connectivity index (χ3v) is 3.30. The Bertz CT molecular complexity index is 544. The molecule has 0 aliphatic rings. The van der Waals surface area contributed by atoms with Crippen LogP contribution in [0.25, 0.3) is 6.08 Å². The van der Waals surface area contributed by atoms with Crippen molar-refractivity contribution < 1.29 is 19.1 Å². The molecule has 0 saturated heterocycles. The van der Waals surface area contributed by atoms with Gasteiger partial charge >= 0.3 is 11.9 Å². The predicted molar refractivity (Wildman–Crippen MR) is 90.6 cm³/mol. The van der Waals surface area contributed by atoms with E-state index in [0.29, 0.717) is 6.42 Å². The second kappa shape index (κ2) is 9.82. The fourth-order valence-electron chi connectivity index (χ4n) is 2.40. The molecule has 1 rings (SSSR count). The van der Waals surface area contributed by atoms with Crippen molar-refractivity contribution in [1.82, 2.24) is 0 Å². The van der Waals surface area contributed by atoms with Crippen LogP contribution in [-0.4, -0.2) is 18.2 Å². The highest BCUT2D eigenvalue weighted by Crippen LogP contribution is 2.22. The maximum Gasteiger partial charge on any atom is 0.305 e. The number of carbonyl (C=O) groups excluding carboxylic acids is 2. The van der Waals surface area contributed by atoms with Crippen LogP contribution in [-0.2, 0) is 25.5 Å². The Balaban J connectivity index is 3.19. The Kier molecular flexibility index (Phi) is 8.09. The van der Waals surface area contributed by atoms with Crippen molar-refractivity contribution in [1.29, 1.82) is 0 Å². The van der Waals surface area contributed by atoms with Crippen LogP contribution < -0.4 is 0 Å². The van der Waals surface area contributed by atoms with Gasteiger partial charge in [-0.05, 0) is 30.0 Å². The molecule has 0 saturated carbocycles. The van der Waals surface area contributed by atoms with E-state index in [4.69, 9.17) is 9.47 Å². The van der Waals surface area contributed by atoms with E-state index in [-0.39, 0.29) is 0 Å². The summed E-state index contributed by atoms with van der Waals surface area (Å²) in [5.74, 6) is -0.944. The van der Waals surface area contributed by atoms with Crippen molar-refractivity contribution in [2.45, 2.75) is 59.7 Å². The summed E-state index contributed by atoms with van der Waals surface area (Å²) >= 11 is 0. The van der Waals surface area contributed by atoms with Gasteiger partial charge in [-0.15, -0.1) is 0 Å². The van der Waals surface area contributed by atoms with Gasteiger partial charge in [-0.25, -0.2) is 0 Å². The van der Waals surface area contributed by atoms with Gasteiger partial charge in [0.15, 0.2) is 0 Å². The van der Waals surface area contributed by atoms with E-state index in [1.54, 1.807) is 0 Å². The highest BCUT2D eigenvalue weighted by atomic mass is 16.7. The van der Waals surface area contributed by atoms with Gasteiger partial charge in [-0.3, -0.25) is 9.59 Å². The van der Waals surface area contributed by atoms with Crippen LogP contribution in [0.3, 0.4) is 0 Å². The molecule has 4 heteroatoms. The fourth-order valence-corrected chi connectivity index (χ4v) is 2.40. The quantitative estimate of drug-likeness (QED) is 0.530. The number of carbonyl (C=O) groups is 2. The summed E-state index contributed by atoms with van der Waals surface area (Å²) in [6.45, 7) is 6.79. The zero-order valence-corrected chi connectivity index (χ0v) is 14.4. The largest absolute Gasteiger partial charge is 0.421 e. The summed E-state index contributed by atoms with van der Waals surface area (Å²) in [6.07, 6.45) is 4.58. The molecule has 0 atom stereocenters. The van der Waals surface area contributed by atoms with Crippen LogP contribution in [0.5, 0.6) is 0 Å². The average Bonchev–Trinajstić information content (AvgIpc) is 2.47. The van der Waals surface area contributed by atoms with E-state index in [9.17, 15) is 9.59 Å². The zero-order chi connectivity index (χ0) is 17.2. The van der Waals surface area contributed by atoms with Crippen molar-refractivity contribution in [3.05, 3.63) is 41.0 Å². The molecular formula is C19H26O4.